The Kier molecular flexibility index (Phi) is 8.02. The second-order valence-electron chi connectivity index (χ2n) is 9.24. The van der Waals surface area contributed by atoms with Crippen molar-refractivity contribution in [3.05, 3.63) is 143 Å². The highest BCUT2D eigenvalue weighted by Gasteiger charge is 2.32. The SMILES string of the molecule is O=C(c1ccc([C@H]2SCC(=O)N2CCc2ccccc2)cc1)N(Cc1ccccc1)Cc1ccccc1. The van der Waals surface area contributed by atoms with E-state index in [1.54, 1.807) is 11.8 Å². The van der Waals surface area contributed by atoms with Gasteiger partial charge in [0.2, 0.25) is 5.91 Å². The second kappa shape index (κ2) is 11.9. The third kappa shape index (κ3) is 6.30. The molecule has 0 radical (unpaired) electrons. The molecule has 5 heteroatoms. The first kappa shape index (κ1) is 24.8. The van der Waals surface area contributed by atoms with Gasteiger partial charge in [0.15, 0.2) is 0 Å². The molecule has 186 valence electrons. The lowest BCUT2D eigenvalue weighted by molar-refractivity contribution is -0.128. The standard InChI is InChI=1S/C32H30N2O2S/c35-30-24-37-32(34(30)21-20-25-10-4-1-5-11-25)29-18-16-28(17-19-29)31(36)33(22-26-12-6-2-7-13-26)23-27-14-8-3-9-15-27/h1-19,32H,20-24H2/t32-/m1/s1. The Morgan fingerprint density at radius 1 is 0.730 bits per heavy atom. The van der Waals surface area contributed by atoms with Gasteiger partial charge in [-0.1, -0.05) is 103 Å². The zero-order valence-electron chi connectivity index (χ0n) is 20.7. The van der Waals surface area contributed by atoms with Crippen LogP contribution in [0.5, 0.6) is 0 Å². The van der Waals surface area contributed by atoms with Crippen LogP contribution < -0.4 is 0 Å². The minimum absolute atomic E-state index is 0.00431. The molecule has 0 saturated carbocycles. The Morgan fingerprint density at radius 3 is 1.78 bits per heavy atom. The molecular formula is C32H30N2O2S. The van der Waals surface area contributed by atoms with E-state index in [2.05, 4.69) is 12.1 Å². The first-order valence-electron chi connectivity index (χ1n) is 12.6. The predicted octanol–water partition coefficient (Wildman–Crippen LogP) is 6.35. The fraction of sp³-hybridized carbons (Fsp3) is 0.188. The van der Waals surface area contributed by atoms with Crippen LogP contribution in [0.4, 0.5) is 0 Å². The van der Waals surface area contributed by atoms with E-state index in [1.165, 1.54) is 5.56 Å². The van der Waals surface area contributed by atoms with Crippen molar-refractivity contribution in [2.24, 2.45) is 0 Å². The predicted molar refractivity (Wildman–Crippen MR) is 150 cm³/mol. The number of carbonyl (C=O) groups excluding carboxylic acids is 2. The summed E-state index contributed by atoms with van der Waals surface area (Å²) >= 11 is 1.65. The summed E-state index contributed by atoms with van der Waals surface area (Å²) < 4.78 is 0. The largest absolute Gasteiger partial charge is 0.330 e. The molecule has 1 aliphatic heterocycles. The summed E-state index contributed by atoms with van der Waals surface area (Å²) in [4.78, 5) is 30.1. The van der Waals surface area contributed by atoms with Crippen molar-refractivity contribution in [1.82, 2.24) is 9.80 Å². The molecule has 0 N–H and O–H groups in total. The third-order valence-electron chi connectivity index (χ3n) is 6.61. The summed E-state index contributed by atoms with van der Waals surface area (Å²) in [5, 5.41) is -0.0231. The number of hydrogen-bond acceptors (Lipinski definition) is 3. The quantitative estimate of drug-likeness (QED) is 0.266. The minimum Gasteiger partial charge on any atom is -0.330 e. The molecule has 0 bridgehead atoms. The Labute approximate surface area is 222 Å². The van der Waals surface area contributed by atoms with Crippen LogP contribution in [0.15, 0.2) is 115 Å². The van der Waals surface area contributed by atoms with Crippen molar-refractivity contribution in [3.63, 3.8) is 0 Å². The van der Waals surface area contributed by atoms with Gasteiger partial charge in [-0.15, -0.1) is 11.8 Å². The first-order valence-corrected chi connectivity index (χ1v) is 13.6. The van der Waals surface area contributed by atoms with Gasteiger partial charge in [-0.3, -0.25) is 9.59 Å². The molecule has 2 amide bonds. The van der Waals surface area contributed by atoms with Gasteiger partial charge in [-0.2, -0.15) is 0 Å². The van der Waals surface area contributed by atoms with E-state index < -0.39 is 0 Å². The Bertz CT molecular complexity index is 1270. The topological polar surface area (TPSA) is 40.6 Å². The van der Waals surface area contributed by atoms with Gasteiger partial charge in [0, 0.05) is 25.2 Å². The molecule has 1 aliphatic rings. The van der Waals surface area contributed by atoms with Gasteiger partial charge in [-0.25, -0.2) is 0 Å². The van der Waals surface area contributed by atoms with Gasteiger partial charge in [0.25, 0.3) is 5.91 Å². The molecule has 4 aromatic carbocycles. The first-order chi connectivity index (χ1) is 18.2. The molecule has 0 spiro atoms. The molecule has 4 nitrogen and oxygen atoms in total. The molecule has 1 heterocycles. The molecule has 1 fully saturated rings. The maximum Gasteiger partial charge on any atom is 0.254 e. The Hall–Kier alpha value is -3.83. The van der Waals surface area contributed by atoms with Crippen molar-refractivity contribution in [3.8, 4) is 0 Å². The van der Waals surface area contributed by atoms with Crippen molar-refractivity contribution in [1.29, 1.82) is 0 Å². The van der Waals surface area contributed by atoms with Gasteiger partial charge in [-0.05, 0) is 40.8 Å². The molecule has 0 aromatic heterocycles. The average molecular weight is 507 g/mol. The molecule has 5 rings (SSSR count). The van der Waals surface area contributed by atoms with Gasteiger partial charge < -0.3 is 9.80 Å². The van der Waals surface area contributed by atoms with Crippen LogP contribution in [0.2, 0.25) is 0 Å². The summed E-state index contributed by atoms with van der Waals surface area (Å²) in [7, 11) is 0. The van der Waals surface area contributed by atoms with E-state index >= 15 is 0 Å². The highest BCUT2D eigenvalue weighted by molar-refractivity contribution is 8.00. The van der Waals surface area contributed by atoms with Crippen LogP contribution in [-0.2, 0) is 24.3 Å². The number of carbonyl (C=O) groups is 2. The van der Waals surface area contributed by atoms with Gasteiger partial charge in [0.05, 0.1) is 5.75 Å². The summed E-state index contributed by atoms with van der Waals surface area (Å²) in [6.07, 6.45) is 0.828. The number of benzene rings is 4. The lowest BCUT2D eigenvalue weighted by Crippen LogP contribution is -2.31. The molecule has 4 aromatic rings. The lowest BCUT2D eigenvalue weighted by atomic mass is 10.1. The monoisotopic (exact) mass is 506 g/mol. The summed E-state index contributed by atoms with van der Waals surface area (Å²) in [5.74, 6) is 0.653. The van der Waals surface area contributed by atoms with E-state index in [1.807, 2.05) is 113 Å². The molecule has 37 heavy (non-hydrogen) atoms. The van der Waals surface area contributed by atoms with E-state index in [4.69, 9.17) is 0 Å². The van der Waals surface area contributed by atoms with Crippen LogP contribution in [0, 0.1) is 0 Å². The number of thioether (sulfide) groups is 1. The number of amides is 2. The van der Waals surface area contributed by atoms with Crippen molar-refractivity contribution < 1.29 is 9.59 Å². The highest BCUT2D eigenvalue weighted by atomic mass is 32.2. The highest BCUT2D eigenvalue weighted by Crippen LogP contribution is 2.38. The molecule has 1 atom stereocenters. The molecule has 0 unspecified atom stereocenters. The third-order valence-corrected chi connectivity index (χ3v) is 7.87. The zero-order valence-corrected chi connectivity index (χ0v) is 21.5. The minimum atomic E-state index is -0.0231. The smallest absolute Gasteiger partial charge is 0.254 e. The zero-order chi connectivity index (χ0) is 25.5. The van der Waals surface area contributed by atoms with E-state index in [0.717, 1.165) is 23.1 Å². The molecule has 0 aliphatic carbocycles. The van der Waals surface area contributed by atoms with Crippen LogP contribution in [0.1, 0.15) is 38.0 Å². The Balaban J connectivity index is 1.31. The molecule has 1 saturated heterocycles. The summed E-state index contributed by atoms with van der Waals surface area (Å²) in [6.45, 7) is 1.76. The van der Waals surface area contributed by atoms with Gasteiger partial charge >= 0.3 is 0 Å². The number of hydrogen-bond donors (Lipinski definition) is 0. The molecular weight excluding hydrogens is 476 g/mol. The summed E-state index contributed by atoms with van der Waals surface area (Å²) in [5.41, 5.74) is 5.12. The fourth-order valence-electron chi connectivity index (χ4n) is 4.65. The maximum atomic E-state index is 13.6. The average Bonchev–Trinajstić information content (AvgIpc) is 3.33. The maximum absolute atomic E-state index is 13.6. The lowest BCUT2D eigenvalue weighted by Gasteiger charge is -2.25. The Morgan fingerprint density at radius 2 is 1.24 bits per heavy atom. The van der Waals surface area contributed by atoms with Gasteiger partial charge in [0.1, 0.15) is 5.37 Å². The van der Waals surface area contributed by atoms with E-state index in [0.29, 0.717) is 31.0 Å². The summed E-state index contributed by atoms with van der Waals surface area (Å²) in [6, 6.07) is 38.2. The van der Waals surface area contributed by atoms with Crippen molar-refractivity contribution >= 4 is 23.6 Å². The number of nitrogens with zero attached hydrogens (tertiary/aromatic N) is 2. The van der Waals surface area contributed by atoms with Crippen LogP contribution in [0.25, 0.3) is 0 Å². The van der Waals surface area contributed by atoms with E-state index in [-0.39, 0.29) is 17.2 Å². The number of rotatable bonds is 9. The van der Waals surface area contributed by atoms with Crippen LogP contribution >= 0.6 is 11.8 Å². The van der Waals surface area contributed by atoms with Crippen LogP contribution in [0.3, 0.4) is 0 Å². The second-order valence-corrected chi connectivity index (χ2v) is 10.3. The fourth-order valence-corrected chi connectivity index (χ4v) is 5.87. The van der Waals surface area contributed by atoms with Crippen molar-refractivity contribution in [2.75, 3.05) is 12.3 Å². The normalized spacial score (nSPS) is 15.1. The van der Waals surface area contributed by atoms with Crippen molar-refractivity contribution in [2.45, 2.75) is 24.9 Å². The van der Waals surface area contributed by atoms with Crippen LogP contribution in [-0.4, -0.2) is 33.9 Å². The van der Waals surface area contributed by atoms with E-state index in [9.17, 15) is 9.59 Å².